The van der Waals surface area contributed by atoms with Crippen LogP contribution in [-0.2, 0) is 0 Å². The molecule has 1 unspecified atom stereocenters. The Kier molecular flexibility index (Phi) is 3.25. The van der Waals surface area contributed by atoms with Gasteiger partial charge in [-0.25, -0.2) is 0 Å². The number of anilines is 1. The van der Waals surface area contributed by atoms with Gasteiger partial charge in [-0.1, -0.05) is 12.1 Å². The first-order chi connectivity index (χ1) is 8.43. The predicted octanol–water partition coefficient (Wildman–Crippen LogP) is 2.71. The van der Waals surface area contributed by atoms with Crippen molar-refractivity contribution in [2.75, 3.05) is 25.0 Å². The van der Waals surface area contributed by atoms with Crippen molar-refractivity contribution in [3.63, 3.8) is 0 Å². The zero-order valence-electron chi connectivity index (χ0n) is 9.78. The summed E-state index contributed by atoms with van der Waals surface area (Å²) in [6, 6.07) is 8.32. The Morgan fingerprint density at radius 1 is 1.41 bits per heavy atom. The van der Waals surface area contributed by atoms with E-state index in [4.69, 9.17) is 0 Å². The van der Waals surface area contributed by atoms with Gasteiger partial charge in [0.2, 0.25) is 0 Å². The fourth-order valence-corrected chi connectivity index (χ4v) is 3.12. The van der Waals surface area contributed by atoms with E-state index in [1.165, 1.54) is 29.8 Å². The summed E-state index contributed by atoms with van der Waals surface area (Å²) in [6.07, 6.45) is 2.63. The molecule has 0 spiro atoms. The first-order valence-corrected chi connectivity index (χ1v) is 7.00. The number of fused-ring (bicyclic) bond motifs is 1. The molecule has 1 fully saturated rings. The van der Waals surface area contributed by atoms with Crippen LogP contribution < -0.4 is 10.6 Å². The van der Waals surface area contributed by atoms with E-state index in [-0.39, 0.29) is 0 Å². The van der Waals surface area contributed by atoms with Crippen LogP contribution in [0.1, 0.15) is 12.8 Å². The Labute approximate surface area is 105 Å². The van der Waals surface area contributed by atoms with Gasteiger partial charge in [0.15, 0.2) is 0 Å². The minimum atomic E-state index is 0.754. The molecule has 3 nitrogen and oxygen atoms in total. The summed E-state index contributed by atoms with van der Waals surface area (Å²) in [4.78, 5) is 0. The van der Waals surface area contributed by atoms with Gasteiger partial charge in [-0.2, -0.15) is 4.37 Å². The van der Waals surface area contributed by atoms with Crippen molar-refractivity contribution in [2.24, 2.45) is 5.92 Å². The van der Waals surface area contributed by atoms with Gasteiger partial charge in [0.05, 0.1) is 5.52 Å². The smallest absolute Gasteiger partial charge is 0.117 e. The van der Waals surface area contributed by atoms with E-state index >= 15 is 0 Å². The van der Waals surface area contributed by atoms with Gasteiger partial charge in [-0.3, -0.25) is 0 Å². The number of hydrogen-bond donors (Lipinski definition) is 2. The third-order valence-corrected chi connectivity index (χ3v) is 4.17. The highest BCUT2D eigenvalue weighted by Gasteiger charge is 2.13. The Morgan fingerprint density at radius 3 is 3.24 bits per heavy atom. The number of nitrogens with one attached hydrogen (secondary N) is 2. The average molecular weight is 247 g/mol. The Morgan fingerprint density at radius 2 is 2.35 bits per heavy atom. The zero-order valence-corrected chi connectivity index (χ0v) is 10.6. The lowest BCUT2D eigenvalue weighted by molar-refractivity contribution is 0.393. The van der Waals surface area contributed by atoms with E-state index in [0.717, 1.165) is 24.5 Å². The molecule has 1 aliphatic heterocycles. The number of nitrogens with zero attached hydrogens (tertiary/aromatic N) is 1. The highest BCUT2D eigenvalue weighted by molar-refractivity contribution is 7.11. The number of benzene rings is 1. The van der Waals surface area contributed by atoms with Gasteiger partial charge < -0.3 is 10.6 Å². The van der Waals surface area contributed by atoms with Crippen LogP contribution in [0.2, 0.25) is 0 Å². The second-order valence-corrected chi connectivity index (χ2v) is 5.40. The molecule has 0 amide bonds. The van der Waals surface area contributed by atoms with Gasteiger partial charge in [-0.15, -0.1) is 0 Å². The number of hydrogen-bond acceptors (Lipinski definition) is 4. The third kappa shape index (κ3) is 2.42. The molecule has 1 aromatic carbocycles. The molecule has 90 valence electrons. The molecule has 0 bridgehead atoms. The normalized spacial score (nSPS) is 20.6. The highest BCUT2D eigenvalue weighted by atomic mass is 32.1. The third-order valence-electron chi connectivity index (χ3n) is 3.33. The Hall–Kier alpha value is -1.13. The summed E-state index contributed by atoms with van der Waals surface area (Å²) in [5.74, 6) is 0.754. The number of piperidine rings is 1. The van der Waals surface area contributed by atoms with E-state index in [9.17, 15) is 0 Å². The summed E-state index contributed by atoms with van der Waals surface area (Å²) >= 11 is 1.57. The zero-order chi connectivity index (χ0) is 11.5. The van der Waals surface area contributed by atoms with Crippen molar-refractivity contribution in [1.29, 1.82) is 0 Å². The topological polar surface area (TPSA) is 37.0 Å². The van der Waals surface area contributed by atoms with E-state index < -0.39 is 0 Å². The molecule has 0 radical (unpaired) electrons. The minimum Gasteiger partial charge on any atom is -0.375 e. The minimum absolute atomic E-state index is 0.754. The molecule has 2 N–H and O–H groups in total. The van der Waals surface area contributed by atoms with Crippen molar-refractivity contribution >= 4 is 27.4 Å². The second-order valence-electron chi connectivity index (χ2n) is 4.62. The lowest BCUT2D eigenvalue weighted by Crippen LogP contribution is -2.33. The molecular weight excluding hydrogens is 230 g/mol. The predicted molar refractivity (Wildman–Crippen MR) is 73.7 cm³/mol. The average Bonchev–Trinajstić information content (AvgIpc) is 2.81. The van der Waals surface area contributed by atoms with Gasteiger partial charge >= 0.3 is 0 Å². The van der Waals surface area contributed by atoms with Crippen LogP contribution in [0, 0.1) is 5.92 Å². The Balaban J connectivity index is 1.68. The summed E-state index contributed by atoms with van der Waals surface area (Å²) < 4.78 is 4.45. The van der Waals surface area contributed by atoms with E-state index in [1.807, 2.05) is 6.07 Å². The molecule has 4 heteroatoms. The number of aromatic nitrogens is 1. The van der Waals surface area contributed by atoms with Gasteiger partial charge in [-0.05, 0) is 55.5 Å². The van der Waals surface area contributed by atoms with Crippen molar-refractivity contribution < 1.29 is 0 Å². The molecule has 1 saturated heterocycles. The first-order valence-electron chi connectivity index (χ1n) is 6.22. The van der Waals surface area contributed by atoms with Crippen LogP contribution in [0.15, 0.2) is 24.3 Å². The van der Waals surface area contributed by atoms with Crippen molar-refractivity contribution in [3.05, 3.63) is 24.3 Å². The van der Waals surface area contributed by atoms with Crippen LogP contribution in [0.5, 0.6) is 0 Å². The van der Waals surface area contributed by atoms with Crippen molar-refractivity contribution in [2.45, 2.75) is 12.8 Å². The highest BCUT2D eigenvalue weighted by Crippen LogP contribution is 2.27. The van der Waals surface area contributed by atoms with E-state index in [2.05, 4.69) is 33.2 Å². The van der Waals surface area contributed by atoms with Crippen LogP contribution in [0.4, 0.5) is 5.00 Å². The Bertz CT molecular complexity index is 488. The standard InChI is InChI=1S/C13H17N3S/c1-2-6-12-11(5-1)13(17-16-12)15-9-10-4-3-7-14-8-10/h1-2,5-6,10,14-15H,3-4,7-9H2. The van der Waals surface area contributed by atoms with Crippen LogP contribution >= 0.6 is 11.5 Å². The molecular formula is C13H17N3S. The lowest BCUT2D eigenvalue weighted by atomic mass is 10.00. The van der Waals surface area contributed by atoms with Gasteiger partial charge in [0.25, 0.3) is 0 Å². The quantitative estimate of drug-likeness (QED) is 0.875. The maximum Gasteiger partial charge on any atom is 0.117 e. The second kappa shape index (κ2) is 5.02. The van der Waals surface area contributed by atoms with Crippen molar-refractivity contribution in [1.82, 2.24) is 9.69 Å². The maximum absolute atomic E-state index is 4.45. The van der Waals surface area contributed by atoms with Gasteiger partial charge in [0, 0.05) is 11.9 Å². The van der Waals surface area contributed by atoms with E-state index in [1.54, 1.807) is 11.5 Å². The molecule has 1 aliphatic rings. The molecule has 3 rings (SSSR count). The SMILES string of the molecule is c1ccc2c(NCC3CCCNC3)snc2c1. The number of rotatable bonds is 3. The van der Waals surface area contributed by atoms with E-state index in [0.29, 0.717) is 0 Å². The fraction of sp³-hybridized carbons (Fsp3) is 0.462. The summed E-state index contributed by atoms with van der Waals surface area (Å²) in [5.41, 5.74) is 1.10. The van der Waals surface area contributed by atoms with Crippen LogP contribution in [-0.4, -0.2) is 24.0 Å². The summed E-state index contributed by atoms with van der Waals surface area (Å²) in [7, 11) is 0. The molecule has 2 heterocycles. The molecule has 1 atom stereocenters. The fourth-order valence-electron chi connectivity index (χ4n) is 2.35. The molecule has 17 heavy (non-hydrogen) atoms. The van der Waals surface area contributed by atoms with Crippen LogP contribution in [0.3, 0.4) is 0 Å². The molecule has 0 saturated carbocycles. The molecule has 2 aromatic rings. The summed E-state index contributed by atoms with van der Waals surface area (Å²) in [5, 5.41) is 9.47. The largest absolute Gasteiger partial charge is 0.375 e. The lowest BCUT2D eigenvalue weighted by Gasteiger charge is -2.22. The molecule has 1 aromatic heterocycles. The monoisotopic (exact) mass is 247 g/mol. The maximum atomic E-state index is 4.45. The molecule has 0 aliphatic carbocycles. The van der Waals surface area contributed by atoms with Crippen molar-refractivity contribution in [3.8, 4) is 0 Å². The van der Waals surface area contributed by atoms with Crippen LogP contribution in [0.25, 0.3) is 10.9 Å². The first kappa shape index (κ1) is 11.0. The summed E-state index contributed by atoms with van der Waals surface area (Å²) in [6.45, 7) is 3.38. The van der Waals surface area contributed by atoms with Gasteiger partial charge in [0.1, 0.15) is 5.00 Å².